The van der Waals surface area contributed by atoms with Gasteiger partial charge in [0.05, 0.1) is 0 Å². The summed E-state index contributed by atoms with van der Waals surface area (Å²) in [5, 5.41) is 7.71. The van der Waals surface area contributed by atoms with Gasteiger partial charge in [-0.05, 0) is 61.0 Å². The fourth-order valence-electron chi connectivity index (χ4n) is 7.64. The first-order valence-electron chi connectivity index (χ1n) is 16.0. The second-order valence-electron chi connectivity index (χ2n) is 12.2. The van der Waals surface area contributed by atoms with Gasteiger partial charge in [-0.3, -0.25) is 4.79 Å². The molecule has 4 atom stereocenters. The highest BCUT2D eigenvalue weighted by Crippen LogP contribution is 2.44. The lowest BCUT2D eigenvalue weighted by molar-refractivity contribution is -0.130. The number of hydrogen-bond acceptors (Lipinski definition) is 3. The van der Waals surface area contributed by atoms with Crippen molar-refractivity contribution in [2.75, 3.05) is 13.1 Å². The second kappa shape index (κ2) is 15.5. The van der Waals surface area contributed by atoms with Crippen LogP contribution in [0.2, 0.25) is 0 Å². The number of ketones is 1. The first-order chi connectivity index (χ1) is 20.8. The van der Waals surface area contributed by atoms with E-state index in [1.807, 2.05) is 0 Å². The highest BCUT2D eigenvalue weighted by molar-refractivity contribution is 5.88. The Bertz CT molecular complexity index is 1180. The quantitative estimate of drug-likeness (QED) is 0.195. The molecule has 0 aliphatic carbocycles. The molecule has 0 spiro atoms. The topological polar surface area (TPSA) is 41.1 Å². The summed E-state index contributed by atoms with van der Waals surface area (Å²) in [6.45, 7) is 1.94. The lowest BCUT2D eigenvalue weighted by Gasteiger charge is -2.43. The largest absolute Gasteiger partial charge is 0.313 e. The van der Waals surface area contributed by atoms with Crippen LogP contribution in [-0.4, -0.2) is 31.0 Å². The SMILES string of the molecule is Cl.O=C(C(C1CCCCN1)C(c1ccccc1)c1ccccc1)C(C1CCCCN1)C(c1ccccc1)c1ccccc1. The van der Waals surface area contributed by atoms with E-state index in [0.29, 0.717) is 5.78 Å². The first kappa shape index (κ1) is 31.2. The monoisotopic (exact) mass is 592 g/mol. The number of carbonyl (C=O) groups excluding carboxylic acids is 1. The molecule has 4 aromatic carbocycles. The van der Waals surface area contributed by atoms with E-state index in [2.05, 4.69) is 132 Å². The molecule has 2 heterocycles. The van der Waals surface area contributed by atoms with Gasteiger partial charge in [-0.2, -0.15) is 0 Å². The van der Waals surface area contributed by atoms with Crippen LogP contribution in [-0.2, 0) is 4.79 Å². The van der Waals surface area contributed by atoms with Crippen molar-refractivity contribution < 1.29 is 4.79 Å². The second-order valence-corrected chi connectivity index (χ2v) is 12.2. The summed E-state index contributed by atoms with van der Waals surface area (Å²) >= 11 is 0. The van der Waals surface area contributed by atoms with Crippen LogP contribution in [0.15, 0.2) is 121 Å². The Hall–Kier alpha value is -3.24. The van der Waals surface area contributed by atoms with Crippen LogP contribution in [0.3, 0.4) is 0 Å². The number of hydrogen-bond donors (Lipinski definition) is 2. The number of carbonyl (C=O) groups is 1. The Morgan fingerprint density at radius 1 is 0.488 bits per heavy atom. The van der Waals surface area contributed by atoms with Crippen molar-refractivity contribution in [3.05, 3.63) is 144 Å². The van der Waals surface area contributed by atoms with Crippen molar-refractivity contribution >= 4 is 18.2 Å². The van der Waals surface area contributed by atoms with Crippen LogP contribution in [0.4, 0.5) is 0 Å². The standard InChI is InChI=1S/C39H44N2O.ClH/c42-39(37(33-25-13-15-27-40-33)35(29-17-5-1-6-18-29)30-19-7-2-8-20-30)38(34-26-14-16-28-41-34)36(31-21-9-3-10-22-31)32-23-11-4-12-24-32;/h1-12,17-24,33-38,40-41H,13-16,25-28H2;1H. The molecule has 0 radical (unpaired) electrons. The van der Waals surface area contributed by atoms with Crippen LogP contribution in [0.25, 0.3) is 0 Å². The number of benzene rings is 4. The molecule has 0 bridgehead atoms. The maximum atomic E-state index is 15.7. The molecule has 2 fully saturated rings. The van der Waals surface area contributed by atoms with Gasteiger partial charge in [-0.25, -0.2) is 0 Å². The lowest BCUT2D eigenvalue weighted by atomic mass is 9.64. The van der Waals surface area contributed by atoms with Gasteiger partial charge >= 0.3 is 0 Å². The van der Waals surface area contributed by atoms with Gasteiger partial charge in [0.15, 0.2) is 0 Å². The van der Waals surface area contributed by atoms with Crippen molar-refractivity contribution in [2.24, 2.45) is 11.8 Å². The third kappa shape index (κ3) is 7.29. The van der Waals surface area contributed by atoms with Gasteiger partial charge in [0.25, 0.3) is 0 Å². The van der Waals surface area contributed by atoms with E-state index in [4.69, 9.17) is 0 Å². The molecular weight excluding hydrogens is 548 g/mol. The first-order valence-corrected chi connectivity index (χ1v) is 16.0. The Balaban J connectivity index is 0.00000368. The predicted molar refractivity (Wildman–Crippen MR) is 180 cm³/mol. The maximum absolute atomic E-state index is 15.7. The minimum Gasteiger partial charge on any atom is -0.313 e. The van der Waals surface area contributed by atoms with Crippen LogP contribution in [0, 0.1) is 11.8 Å². The van der Waals surface area contributed by atoms with Gasteiger partial charge in [0.2, 0.25) is 0 Å². The summed E-state index contributed by atoms with van der Waals surface area (Å²) in [7, 11) is 0. The van der Waals surface area contributed by atoms with Crippen LogP contribution in [0.1, 0.15) is 72.6 Å². The normalized spacial score (nSPS) is 20.2. The van der Waals surface area contributed by atoms with Crippen molar-refractivity contribution in [3.63, 3.8) is 0 Å². The van der Waals surface area contributed by atoms with Gasteiger partial charge < -0.3 is 10.6 Å². The third-order valence-electron chi connectivity index (χ3n) is 9.57. The van der Waals surface area contributed by atoms with Crippen molar-refractivity contribution in [1.29, 1.82) is 0 Å². The molecule has 0 aromatic heterocycles. The molecule has 4 aromatic rings. The average Bonchev–Trinajstić information content (AvgIpc) is 3.08. The van der Waals surface area contributed by atoms with Gasteiger partial charge in [-0.15, -0.1) is 12.4 Å². The van der Waals surface area contributed by atoms with Crippen molar-refractivity contribution in [2.45, 2.75) is 62.4 Å². The summed E-state index contributed by atoms with van der Waals surface area (Å²) in [6.07, 6.45) is 6.71. The molecule has 224 valence electrons. The summed E-state index contributed by atoms with van der Waals surface area (Å²) in [6, 6.07) is 43.4. The number of nitrogens with one attached hydrogen (secondary N) is 2. The summed E-state index contributed by atoms with van der Waals surface area (Å²) in [5.41, 5.74) is 4.89. The van der Waals surface area contributed by atoms with E-state index in [9.17, 15) is 0 Å². The minimum absolute atomic E-state index is 0. The van der Waals surface area contributed by atoms with Crippen LogP contribution >= 0.6 is 12.4 Å². The third-order valence-corrected chi connectivity index (χ3v) is 9.57. The van der Waals surface area contributed by atoms with Crippen LogP contribution in [0.5, 0.6) is 0 Å². The van der Waals surface area contributed by atoms with E-state index in [0.717, 1.165) is 38.8 Å². The maximum Gasteiger partial charge on any atom is 0.144 e. The highest BCUT2D eigenvalue weighted by atomic mass is 35.5. The summed E-state index contributed by atoms with van der Waals surface area (Å²) in [5.74, 6) is -0.00992. The molecule has 2 aliphatic heterocycles. The molecule has 0 amide bonds. The molecule has 4 heteroatoms. The van der Waals surface area contributed by atoms with E-state index in [1.165, 1.54) is 35.1 Å². The van der Waals surface area contributed by atoms with Crippen molar-refractivity contribution in [1.82, 2.24) is 10.6 Å². The number of Topliss-reactive ketones (excluding diaryl/α,β-unsaturated/α-hetero) is 1. The summed E-state index contributed by atoms with van der Waals surface area (Å²) in [4.78, 5) is 15.7. The fraction of sp³-hybridized carbons (Fsp3) is 0.359. The number of piperidine rings is 2. The van der Waals surface area contributed by atoms with Gasteiger partial charge in [0, 0.05) is 35.8 Å². The van der Waals surface area contributed by atoms with Gasteiger partial charge in [0.1, 0.15) is 5.78 Å². The molecule has 4 unspecified atom stereocenters. The zero-order valence-corrected chi connectivity index (χ0v) is 25.8. The molecule has 2 saturated heterocycles. The number of halogens is 1. The van der Waals surface area contributed by atoms with Crippen LogP contribution < -0.4 is 10.6 Å². The van der Waals surface area contributed by atoms with E-state index >= 15 is 4.79 Å². The average molecular weight is 593 g/mol. The molecule has 3 nitrogen and oxygen atoms in total. The Labute approximate surface area is 263 Å². The van der Waals surface area contributed by atoms with Crippen molar-refractivity contribution in [3.8, 4) is 0 Å². The Morgan fingerprint density at radius 2 is 0.791 bits per heavy atom. The summed E-state index contributed by atoms with van der Waals surface area (Å²) < 4.78 is 0. The minimum atomic E-state index is -0.182. The molecule has 2 aliphatic rings. The smallest absolute Gasteiger partial charge is 0.144 e. The molecule has 6 rings (SSSR count). The lowest BCUT2D eigenvalue weighted by Crippen LogP contribution is -2.53. The van der Waals surface area contributed by atoms with E-state index in [-0.39, 0.29) is 48.2 Å². The van der Waals surface area contributed by atoms with Gasteiger partial charge in [-0.1, -0.05) is 134 Å². The molecule has 43 heavy (non-hydrogen) atoms. The number of rotatable bonds is 10. The predicted octanol–water partition coefficient (Wildman–Crippen LogP) is 8.16. The Morgan fingerprint density at radius 3 is 1.05 bits per heavy atom. The van der Waals surface area contributed by atoms with E-state index < -0.39 is 0 Å². The zero-order valence-electron chi connectivity index (χ0n) is 25.0. The Kier molecular flexibility index (Phi) is 11.2. The molecule has 2 N–H and O–H groups in total. The zero-order chi connectivity index (χ0) is 28.6. The molecule has 0 saturated carbocycles. The highest BCUT2D eigenvalue weighted by Gasteiger charge is 2.46. The fourth-order valence-corrected chi connectivity index (χ4v) is 7.64. The molecular formula is C39H45ClN2O. The van der Waals surface area contributed by atoms with E-state index in [1.54, 1.807) is 0 Å².